The van der Waals surface area contributed by atoms with Crippen molar-refractivity contribution in [3.8, 4) is 0 Å². The van der Waals surface area contributed by atoms with Gasteiger partial charge >= 0.3 is 0 Å². The third kappa shape index (κ3) is 1.44. The molecule has 18 heavy (non-hydrogen) atoms. The van der Waals surface area contributed by atoms with E-state index in [2.05, 4.69) is 59.6 Å². The highest BCUT2D eigenvalue weighted by Crippen LogP contribution is 2.45. The molecular formula is C16H12ClN. The molecule has 2 aromatic rings. The Hall–Kier alpha value is -1.86. The Balaban J connectivity index is 0.000001000. The predicted octanol–water partition coefficient (Wildman–Crippen LogP) is 4.14. The van der Waals surface area contributed by atoms with Gasteiger partial charge in [0.05, 0.1) is 0 Å². The lowest BCUT2D eigenvalue weighted by Crippen LogP contribution is -2.04. The van der Waals surface area contributed by atoms with Crippen LogP contribution in [0.25, 0.3) is 11.6 Å². The maximum absolute atomic E-state index is 4.68. The summed E-state index contributed by atoms with van der Waals surface area (Å²) < 4.78 is 0. The topological polar surface area (TPSA) is 12.4 Å². The van der Waals surface area contributed by atoms with Gasteiger partial charge in [-0.3, -0.25) is 4.99 Å². The quantitative estimate of drug-likeness (QED) is 0.669. The lowest BCUT2D eigenvalue weighted by molar-refractivity contribution is 0.946. The van der Waals surface area contributed by atoms with Crippen LogP contribution in [-0.4, -0.2) is 6.21 Å². The molecule has 0 aromatic heterocycles. The first-order valence-corrected chi connectivity index (χ1v) is 5.86. The van der Waals surface area contributed by atoms with Crippen LogP contribution in [0.3, 0.4) is 0 Å². The summed E-state index contributed by atoms with van der Waals surface area (Å²) in [6.07, 6.45) is 4.27. The Morgan fingerprint density at radius 3 is 2.44 bits per heavy atom. The Kier molecular flexibility index (Phi) is 2.57. The molecule has 0 radical (unpaired) electrons. The number of aliphatic imine (C=N–C) groups is 1. The number of nitrogens with zero attached hydrogens (tertiary/aromatic N) is 1. The smallest absolute Gasteiger partial charge is 0.101 e. The van der Waals surface area contributed by atoms with E-state index in [4.69, 9.17) is 0 Å². The fourth-order valence-corrected chi connectivity index (χ4v) is 2.72. The van der Waals surface area contributed by atoms with Crippen LogP contribution in [0.1, 0.15) is 28.3 Å². The van der Waals surface area contributed by atoms with Gasteiger partial charge < -0.3 is 0 Å². The van der Waals surface area contributed by atoms with Gasteiger partial charge in [0.25, 0.3) is 0 Å². The van der Waals surface area contributed by atoms with Gasteiger partial charge in [-0.05, 0) is 33.9 Å². The molecule has 1 atom stereocenters. The maximum atomic E-state index is 4.68. The zero-order chi connectivity index (χ0) is 11.2. The van der Waals surface area contributed by atoms with Gasteiger partial charge in [-0.15, -0.1) is 12.4 Å². The predicted molar refractivity (Wildman–Crippen MR) is 78.3 cm³/mol. The number of hydrogen-bond acceptors (Lipinski definition) is 1. The van der Waals surface area contributed by atoms with Crippen LogP contribution >= 0.6 is 12.4 Å². The van der Waals surface area contributed by atoms with Crippen LogP contribution < -0.4 is 0 Å². The molecule has 0 N–H and O–H groups in total. The van der Waals surface area contributed by atoms with Crippen molar-refractivity contribution >= 4 is 30.3 Å². The van der Waals surface area contributed by atoms with Crippen LogP contribution in [0, 0.1) is 0 Å². The monoisotopic (exact) mass is 253 g/mol. The molecule has 0 bridgehead atoms. The molecular weight excluding hydrogens is 242 g/mol. The highest BCUT2D eigenvalue weighted by atomic mass is 35.5. The van der Waals surface area contributed by atoms with Gasteiger partial charge in [-0.2, -0.15) is 0 Å². The van der Waals surface area contributed by atoms with E-state index in [0.29, 0.717) is 0 Å². The molecule has 0 saturated heterocycles. The molecule has 2 heteroatoms. The van der Waals surface area contributed by atoms with E-state index < -0.39 is 0 Å². The van der Waals surface area contributed by atoms with Crippen molar-refractivity contribution in [2.75, 3.05) is 0 Å². The summed E-state index contributed by atoms with van der Waals surface area (Å²) in [6.45, 7) is 0. The van der Waals surface area contributed by atoms with Gasteiger partial charge in [0.1, 0.15) is 6.04 Å². The first-order valence-electron chi connectivity index (χ1n) is 5.86. The van der Waals surface area contributed by atoms with Crippen molar-refractivity contribution in [1.29, 1.82) is 0 Å². The Labute approximate surface area is 112 Å². The van der Waals surface area contributed by atoms with Crippen molar-refractivity contribution in [2.45, 2.75) is 6.04 Å². The Morgan fingerprint density at radius 1 is 0.833 bits per heavy atom. The number of fused-ring (bicyclic) bond motifs is 5. The minimum Gasteiger partial charge on any atom is -0.280 e. The van der Waals surface area contributed by atoms with Crippen molar-refractivity contribution in [3.05, 3.63) is 70.8 Å². The molecule has 1 aliphatic heterocycles. The summed E-state index contributed by atoms with van der Waals surface area (Å²) in [5, 5.41) is 0. The zero-order valence-electron chi connectivity index (χ0n) is 9.71. The lowest BCUT2D eigenvalue weighted by atomic mass is 9.92. The van der Waals surface area contributed by atoms with Crippen LogP contribution in [0.5, 0.6) is 0 Å². The molecule has 88 valence electrons. The molecule has 2 aliphatic rings. The molecule has 0 amide bonds. The van der Waals surface area contributed by atoms with Crippen molar-refractivity contribution in [1.82, 2.24) is 0 Å². The third-order valence-corrected chi connectivity index (χ3v) is 3.53. The van der Waals surface area contributed by atoms with Gasteiger partial charge in [-0.25, -0.2) is 0 Å². The molecule has 1 heterocycles. The highest BCUT2D eigenvalue weighted by molar-refractivity contribution is 6.01. The summed E-state index contributed by atoms with van der Waals surface area (Å²) in [5.41, 5.74) is 6.52. The van der Waals surface area contributed by atoms with Crippen LogP contribution in [0.2, 0.25) is 0 Å². The number of halogens is 1. The van der Waals surface area contributed by atoms with Crippen molar-refractivity contribution in [3.63, 3.8) is 0 Å². The third-order valence-electron chi connectivity index (χ3n) is 3.53. The average molecular weight is 254 g/mol. The summed E-state index contributed by atoms with van der Waals surface area (Å²) in [4.78, 5) is 4.68. The lowest BCUT2D eigenvalue weighted by Gasteiger charge is -2.18. The van der Waals surface area contributed by atoms with Gasteiger partial charge in [-0.1, -0.05) is 48.5 Å². The summed E-state index contributed by atoms with van der Waals surface area (Å²) in [5.74, 6) is 0. The fraction of sp³-hybridized carbons (Fsp3) is 0.0625. The SMILES string of the molecule is C1=NC2C(=Cc3ccccc32)c2ccccc21.Cl. The first-order chi connectivity index (χ1) is 8.43. The largest absolute Gasteiger partial charge is 0.280 e. The van der Waals surface area contributed by atoms with Crippen molar-refractivity contribution < 1.29 is 0 Å². The van der Waals surface area contributed by atoms with Crippen molar-refractivity contribution in [2.24, 2.45) is 4.99 Å². The normalized spacial score (nSPS) is 18.2. The minimum atomic E-state index is 0. The Bertz CT molecular complexity index is 670. The second kappa shape index (κ2) is 4.11. The standard InChI is InChI=1S/C16H11N.ClH/c1-4-8-14-11(5-1)9-15-13-7-3-2-6-12(13)10-17-16(14)15;/h1-10,16H;1H. The minimum absolute atomic E-state index is 0. The van der Waals surface area contributed by atoms with E-state index in [1.807, 2.05) is 6.21 Å². The van der Waals surface area contributed by atoms with E-state index in [9.17, 15) is 0 Å². The maximum Gasteiger partial charge on any atom is 0.101 e. The summed E-state index contributed by atoms with van der Waals surface area (Å²) in [7, 11) is 0. The second-order valence-electron chi connectivity index (χ2n) is 4.50. The van der Waals surface area contributed by atoms with Gasteiger partial charge in [0.15, 0.2) is 0 Å². The first kappa shape index (κ1) is 11.2. The van der Waals surface area contributed by atoms with Crippen LogP contribution in [-0.2, 0) is 0 Å². The molecule has 0 fully saturated rings. The van der Waals surface area contributed by atoms with Gasteiger partial charge in [0, 0.05) is 6.21 Å². The molecule has 0 saturated carbocycles. The van der Waals surface area contributed by atoms with Crippen LogP contribution in [0.4, 0.5) is 0 Å². The number of hydrogen-bond donors (Lipinski definition) is 0. The van der Waals surface area contributed by atoms with E-state index in [1.165, 1.54) is 27.8 Å². The molecule has 1 aliphatic carbocycles. The average Bonchev–Trinajstić information content (AvgIpc) is 2.78. The molecule has 2 aromatic carbocycles. The number of benzene rings is 2. The van der Waals surface area contributed by atoms with E-state index >= 15 is 0 Å². The highest BCUT2D eigenvalue weighted by Gasteiger charge is 2.28. The van der Waals surface area contributed by atoms with E-state index in [0.717, 1.165) is 0 Å². The molecule has 1 nitrogen and oxygen atoms in total. The molecule has 4 rings (SSSR count). The summed E-state index contributed by atoms with van der Waals surface area (Å²) >= 11 is 0. The second-order valence-corrected chi connectivity index (χ2v) is 4.50. The molecule has 0 spiro atoms. The van der Waals surface area contributed by atoms with Crippen LogP contribution in [0.15, 0.2) is 53.5 Å². The molecule has 1 unspecified atom stereocenters. The summed E-state index contributed by atoms with van der Waals surface area (Å²) in [6, 6.07) is 17.2. The van der Waals surface area contributed by atoms with E-state index in [-0.39, 0.29) is 18.4 Å². The Morgan fingerprint density at radius 2 is 1.56 bits per heavy atom. The van der Waals surface area contributed by atoms with E-state index in [1.54, 1.807) is 0 Å². The number of rotatable bonds is 0. The fourth-order valence-electron chi connectivity index (χ4n) is 2.72. The van der Waals surface area contributed by atoms with Gasteiger partial charge in [0.2, 0.25) is 0 Å². The zero-order valence-corrected chi connectivity index (χ0v) is 10.5.